The summed E-state index contributed by atoms with van der Waals surface area (Å²) in [5, 5.41) is 2.94. The fraction of sp³-hybridized carbons (Fsp3) is 0.312. The predicted molar refractivity (Wildman–Crippen MR) is 86.0 cm³/mol. The van der Waals surface area contributed by atoms with Gasteiger partial charge in [-0.05, 0) is 30.7 Å². The highest BCUT2D eigenvalue weighted by molar-refractivity contribution is 5.89. The van der Waals surface area contributed by atoms with Crippen LogP contribution in [-0.2, 0) is 0 Å². The number of benzene rings is 1. The number of carbonyl (C=O) groups is 1. The molecule has 1 aromatic heterocycles. The highest BCUT2D eigenvalue weighted by atomic mass is 16.2. The molecule has 1 aromatic carbocycles. The summed E-state index contributed by atoms with van der Waals surface area (Å²) >= 11 is 0. The Labute approximate surface area is 129 Å². The Kier molecular flexibility index (Phi) is 4.18. The first-order chi connectivity index (χ1) is 10.7. The number of nitrogens with zero attached hydrogens (tertiary/aromatic N) is 4. The highest BCUT2D eigenvalue weighted by Crippen LogP contribution is 2.13. The van der Waals surface area contributed by atoms with E-state index in [4.69, 9.17) is 0 Å². The molecular weight excluding hydrogens is 278 g/mol. The summed E-state index contributed by atoms with van der Waals surface area (Å²) in [6, 6.07) is 9.56. The van der Waals surface area contributed by atoms with Gasteiger partial charge in [-0.25, -0.2) is 14.8 Å². The molecule has 0 unspecified atom stereocenters. The van der Waals surface area contributed by atoms with E-state index in [1.54, 1.807) is 18.5 Å². The molecule has 6 heteroatoms. The molecule has 6 nitrogen and oxygen atoms in total. The first-order valence-corrected chi connectivity index (χ1v) is 7.37. The van der Waals surface area contributed by atoms with Gasteiger partial charge in [-0.3, -0.25) is 0 Å². The number of urea groups is 1. The lowest BCUT2D eigenvalue weighted by Crippen LogP contribution is -2.50. The second kappa shape index (κ2) is 6.43. The number of rotatable bonds is 2. The topological polar surface area (TPSA) is 61.4 Å². The molecule has 114 valence electrons. The van der Waals surface area contributed by atoms with Crippen LogP contribution in [0.5, 0.6) is 0 Å². The Hall–Kier alpha value is -2.63. The Morgan fingerprint density at radius 3 is 2.50 bits per heavy atom. The van der Waals surface area contributed by atoms with Crippen molar-refractivity contribution in [2.45, 2.75) is 6.92 Å². The van der Waals surface area contributed by atoms with Crippen molar-refractivity contribution in [2.24, 2.45) is 0 Å². The monoisotopic (exact) mass is 297 g/mol. The lowest BCUT2D eigenvalue weighted by Gasteiger charge is -2.34. The van der Waals surface area contributed by atoms with Crippen LogP contribution in [0.3, 0.4) is 0 Å². The average Bonchev–Trinajstić information content (AvgIpc) is 2.56. The number of aromatic nitrogens is 2. The first-order valence-electron chi connectivity index (χ1n) is 7.37. The van der Waals surface area contributed by atoms with Crippen LogP contribution < -0.4 is 10.2 Å². The van der Waals surface area contributed by atoms with Gasteiger partial charge in [0.2, 0.25) is 5.95 Å². The fourth-order valence-corrected chi connectivity index (χ4v) is 2.49. The van der Waals surface area contributed by atoms with Crippen molar-refractivity contribution < 1.29 is 4.79 Å². The SMILES string of the molecule is Cc1cccc(NC(=O)N2CCN(c3ncccn3)CC2)c1. The molecule has 3 rings (SSSR count). The van der Waals surface area contributed by atoms with Crippen LogP contribution in [0.4, 0.5) is 16.4 Å². The van der Waals surface area contributed by atoms with Gasteiger partial charge in [0.25, 0.3) is 0 Å². The lowest BCUT2D eigenvalue weighted by molar-refractivity contribution is 0.208. The minimum absolute atomic E-state index is 0.0563. The molecule has 0 spiro atoms. The molecule has 1 N–H and O–H groups in total. The van der Waals surface area contributed by atoms with Crippen molar-refractivity contribution in [1.82, 2.24) is 14.9 Å². The normalized spacial score (nSPS) is 14.8. The minimum Gasteiger partial charge on any atom is -0.337 e. The Morgan fingerprint density at radius 1 is 1.09 bits per heavy atom. The Balaban J connectivity index is 1.56. The van der Waals surface area contributed by atoms with E-state index < -0.39 is 0 Å². The maximum atomic E-state index is 12.3. The Bertz CT molecular complexity index is 638. The number of piperazine rings is 1. The largest absolute Gasteiger partial charge is 0.337 e. The van der Waals surface area contributed by atoms with Crippen molar-refractivity contribution in [3.8, 4) is 0 Å². The maximum Gasteiger partial charge on any atom is 0.321 e. The van der Waals surface area contributed by atoms with Crippen molar-refractivity contribution in [3.63, 3.8) is 0 Å². The van der Waals surface area contributed by atoms with Gasteiger partial charge < -0.3 is 15.1 Å². The fourth-order valence-electron chi connectivity index (χ4n) is 2.49. The highest BCUT2D eigenvalue weighted by Gasteiger charge is 2.22. The van der Waals surface area contributed by atoms with E-state index in [1.165, 1.54) is 0 Å². The van der Waals surface area contributed by atoms with Crippen LogP contribution >= 0.6 is 0 Å². The summed E-state index contributed by atoms with van der Waals surface area (Å²) < 4.78 is 0. The summed E-state index contributed by atoms with van der Waals surface area (Å²) in [6.45, 7) is 4.82. The van der Waals surface area contributed by atoms with E-state index in [9.17, 15) is 4.79 Å². The van der Waals surface area contributed by atoms with Crippen molar-refractivity contribution in [1.29, 1.82) is 0 Å². The van der Waals surface area contributed by atoms with Gasteiger partial charge in [0, 0.05) is 44.3 Å². The molecule has 1 aliphatic rings. The van der Waals surface area contributed by atoms with Crippen molar-refractivity contribution >= 4 is 17.7 Å². The van der Waals surface area contributed by atoms with Gasteiger partial charge >= 0.3 is 6.03 Å². The van der Waals surface area contributed by atoms with Gasteiger partial charge in [-0.1, -0.05) is 12.1 Å². The molecule has 1 aliphatic heterocycles. The van der Waals surface area contributed by atoms with E-state index in [0.717, 1.165) is 30.3 Å². The number of hydrogen-bond acceptors (Lipinski definition) is 4. The minimum atomic E-state index is -0.0563. The quantitative estimate of drug-likeness (QED) is 0.922. The average molecular weight is 297 g/mol. The molecule has 0 atom stereocenters. The van der Waals surface area contributed by atoms with E-state index in [-0.39, 0.29) is 6.03 Å². The zero-order valence-corrected chi connectivity index (χ0v) is 12.6. The number of amides is 2. The van der Waals surface area contributed by atoms with Crippen LogP contribution in [0.15, 0.2) is 42.7 Å². The molecule has 2 aromatic rings. The summed E-state index contributed by atoms with van der Waals surface area (Å²) in [7, 11) is 0. The van der Waals surface area contributed by atoms with Crippen molar-refractivity contribution in [2.75, 3.05) is 36.4 Å². The molecule has 0 bridgehead atoms. The number of nitrogens with one attached hydrogen (secondary N) is 1. The molecule has 0 aliphatic carbocycles. The zero-order valence-electron chi connectivity index (χ0n) is 12.6. The summed E-state index contributed by atoms with van der Waals surface area (Å²) in [6.07, 6.45) is 3.47. The van der Waals surface area contributed by atoms with E-state index >= 15 is 0 Å². The number of hydrogen-bond donors (Lipinski definition) is 1. The molecule has 0 saturated carbocycles. The second-order valence-electron chi connectivity index (χ2n) is 5.32. The van der Waals surface area contributed by atoms with Gasteiger partial charge in [-0.2, -0.15) is 0 Å². The molecular formula is C16H19N5O. The number of aryl methyl sites for hydroxylation is 1. The predicted octanol–water partition coefficient (Wildman–Crippen LogP) is 2.14. The Morgan fingerprint density at radius 2 is 1.82 bits per heavy atom. The van der Waals surface area contributed by atoms with Gasteiger partial charge in [0.15, 0.2) is 0 Å². The number of anilines is 2. The van der Waals surface area contributed by atoms with E-state index in [0.29, 0.717) is 13.1 Å². The van der Waals surface area contributed by atoms with E-state index in [2.05, 4.69) is 20.2 Å². The summed E-state index contributed by atoms with van der Waals surface area (Å²) in [5.74, 6) is 0.723. The van der Waals surface area contributed by atoms with Gasteiger partial charge in [0.1, 0.15) is 0 Å². The standard InChI is InChI=1S/C16H19N5O/c1-13-4-2-5-14(12-13)19-16(22)21-10-8-20(9-11-21)15-17-6-3-7-18-15/h2-7,12H,8-11H2,1H3,(H,19,22). The number of carbonyl (C=O) groups excluding carboxylic acids is 1. The summed E-state index contributed by atoms with van der Waals surface area (Å²) in [4.78, 5) is 24.7. The van der Waals surface area contributed by atoms with Crippen LogP contribution in [0.1, 0.15) is 5.56 Å². The zero-order chi connectivity index (χ0) is 15.4. The summed E-state index contributed by atoms with van der Waals surface area (Å²) in [5.41, 5.74) is 1.96. The molecule has 1 saturated heterocycles. The molecule has 0 radical (unpaired) electrons. The molecule has 2 heterocycles. The molecule has 22 heavy (non-hydrogen) atoms. The van der Waals surface area contributed by atoms with Crippen LogP contribution in [-0.4, -0.2) is 47.1 Å². The molecule has 2 amide bonds. The third-order valence-electron chi connectivity index (χ3n) is 3.67. The second-order valence-corrected chi connectivity index (χ2v) is 5.32. The maximum absolute atomic E-state index is 12.3. The van der Waals surface area contributed by atoms with Gasteiger partial charge in [-0.15, -0.1) is 0 Å². The molecule has 1 fully saturated rings. The van der Waals surface area contributed by atoms with Crippen LogP contribution in [0, 0.1) is 6.92 Å². The van der Waals surface area contributed by atoms with E-state index in [1.807, 2.05) is 36.1 Å². The van der Waals surface area contributed by atoms with Gasteiger partial charge in [0.05, 0.1) is 0 Å². The smallest absolute Gasteiger partial charge is 0.321 e. The third-order valence-corrected chi connectivity index (χ3v) is 3.67. The van der Waals surface area contributed by atoms with Crippen molar-refractivity contribution in [3.05, 3.63) is 48.3 Å². The third kappa shape index (κ3) is 3.33. The van der Waals surface area contributed by atoms with Crippen LogP contribution in [0.2, 0.25) is 0 Å². The first kappa shape index (κ1) is 14.3. The van der Waals surface area contributed by atoms with Crippen LogP contribution in [0.25, 0.3) is 0 Å². The lowest BCUT2D eigenvalue weighted by atomic mass is 10.2.